The number of nitrogens with zero attached hydrogens (tertiary/aromatic N) is 2. The molecule has 1 aromatic heterocycles. The smallest absolute Gasteiger partial charge is 0.269 e. The second-order valence-corrected chi connectivity index (χ2v) is 6.90. The van der Waals surface area contributed by atoms with Crippen LogP contribution in [0.4, 0.5) is 0 Å². The van der Waals surface area contributed by atoms with Crippen LogP contribution >= 0.6 is 11.6 Å². The molecule has 5 nitrogen and oxygen atoms in total. The molecule has 1 aromatic carbocycles. The second kappa shape index (κ2) is 9.12. The topological polar surface area (TPSA) is 54.5 Å². The molecule has 26 heavy (non-hydrogen) atoms. The van der Waals surface area contributed by atoms with Gasteiger partial charge in [0, 0.05) is 18.7 Å². The lowest BCUT2D eigenvalue weighted by Crippen LogP contribution is -2.37. The Balaban J connectivity index is 1.70. The van der Waals surface area contributed by atoms with Gasteiger partial charge in [0.05, 0.1) is 18.3 Å². The first kappa shape index (κ1) is 18.8. The fourth-order valence-corrected chi connectivity index (χ4v) is 3.44. The van der Waals surface area contributed by atoms with E-state index in [4.69, 9.17) is 16.3 Å². The lowest BCUT2D eigenvalue weighted by Gasteiger charge is -2.28. The zero-order chi connectivity index (χ0) is 18.4. The molecule has 6 heteroatoms. The van der Waals surface area contributed by atoms with Crippen LogP contribution in [-0.4, -0.2) is 42.5 Å². The molecule has 1 N–H and O–H groups in total. The SMILES string of the molecule is COCc1cccc(C(=O)NCC(c2ccc(Cl)cc2)N2CCCC2)n1. The number of nitrogens with one attached hydrogen (secondary N) is 1. The van der Waals surface area contributed by atoms with E-state index in [1.165, 1.54) is 12.8 Å². The van der Waals surface area contributed by atoms with Crippen molar-refractivity contribution in [2.45, 2.75) is 25.5 Å². The van der Waals surface area contributed by atoms with Gasteiger partial charge in [-0.15, -0.1) is 0 Å². The highest BCUT2D eigenvalue weighted by atomic mass is 35.5. The zero-order valence-electron chi connectivity index (χ0n) is 15.0. The number of aromatic nitrogens is 1. The van der Waals surface area contributed by atoms with Crippen LogP contribution < -0.4 is 5.32 Å². The van der Waals surface area contributed by atoms with Gasteiger partial charge in [0.15, 0.2) is 0 Å². The third-order valence-corrected chi connectivity index (χ3v) is 4.88. The Hall–Kier alpha value is -1.95. The zero-order valence-corrected chi connectivity index (χ0v) is 15.7. The van der Waals surface area contributed by atoms with E-state index < -0.39 is 0 Å². The van der Waals surface area contributed by atoms with Gasteiger partial charge in [-0.25, -0.2) is 4.98 Å². The normalized spacial score (nSPS) is 15.8. The van der Waals surface area contributed by atoms with Crippen molar-refractivity contribution in [2.24, 2.45) is 0 Å². The fourth-order valence-electron chi connectivity index (χ4n) is 3.31. The molecule has 1 saturated heterocycles. The Morgan fingerprint density at radius 1 is 1.23 bits per heavy atom. The van der Waals surface area contributed by atoms with Crippen LogP contribution in [0, 0.1) is 0 Å². The van der Waals surface area contributed by atoms with Crippen molar-refractivity contribution >= 4 is 17.5 Å². The second-order valence-electron chi connectivity index (χ2n) is 6.47. The van der Waals surface area contributed by atoms with Crippen molar-refractivity contribution in [1.29, 1.82) is 0 Å². The number of methoxy groups -OCH3 is 1. The van der Waals surface area contributed by atoms with Gasteiger partial charge in [-0.1, -0.05) is 29.8 Å². The molecule has 138 valence electrons. The van der Waals surface area contributed by atoms with Gasteiger partial charge in [-0.2, -0.15) is 0 Å². The average molecular weight is 374 g/mol. The molecule has 0 aliphatic carbocycles. The summed E-state index contributed by atoms with van der Waals surface area (Å²) in [6.45, 7) is 3.02. The Labute approximate surface area is 159 Å². The molecule has 0 saturated carbocycles. The van der Waals surface area contributed by atoms with E-state index in [1.54, 1.807) is 13.2 Å². The van der Waals surface area contributed by atoms with Crippen molar-refractivity contribution in [1.82, 2.24) is 15.2 Å². The number of hydrogen-bond donors (Lipinski definition) is 1. The molecule has 1 aliphatic heterocycles. The Morgan fingerprint density at radius 3 is 2.65 bits per heavy atom. The van der Waals surface area contributed by atoms with Crippen molar-refractivity contribution in [3.05, 3.63) is 64.4 Å². The Morgan fingerprint density at radius 2 is 1.96 bits per heavy atom. The Kier molecular flexibility index (Phi) is 6.61. The summed E-state index contributed by atoms with van der Waals surface area (Å²) in [5.74, 6) is -0.166. The van der Waals surface area contributed by atoms with Crippen LogP contribution in [0.15, 0.2) is 42.5 Å². The maximum Gasteiger partial charge on any atom is 0.269 e. The van der Waals surface area contributed by atoms with E-state index >= 15 is 0 Å². The number of carbonyl (C=O) groups is 1. The first-order chi connectivity index (χ1) is 12.7. The van der Waals surface area contributed by atoms with Crippen LogP contribution in [0.2, 0.25) is 5.02 Å². The standard InChI is InChI=1S/C20H24ClN3O2/c1-26-14-17-5-4-6-18(23-17)20(25)22-13-19(24-11-2-3-12-24)15-7-9-16(21)10-8-15/h4-10,19H,2-3,11-14H2,1H3,(H,22,25). The number of pyridine rings is 1. The van der Waals surface area contributed by atoms with E-state index in [2.05, 4.69) is 15.2 Å². The monoisotopic (exact) mass is 373 g/mol. The van der Waals surface area contributed by atoms with Gasteiger partial charge < -0.3 is 10.1 Å². The number of halogens is 1. The minimum absolute atomic E-state index is 0.140. The number of likely N-dealkylation sites (tertiary alicyclic amines) is 1. The number of carbonyl (C=O) groups excluding carboxylic acids is 1. The minimum Gasteiger partial charge on any atom is -0.378 e. The molecule has 0 radical (unpaired) electrons. The highest BCUT2D eigenvalue weighted by Crippen LogP contribution is 2.25. The molecule has 1 atom stereocenters. The van der Waals surface area contributed by atoms with Gasteiger partial charge in [-0.05, 0) is 55.8 Å². The lowest BCUT2D eigenvalue weighted by molar-refractivity contribution is 0.0932. The van der Waals surface area contributed by atoms with Crippen molar-refractivity contribution < 1.29 is 9.53 Å². The maximum atomic E-state index is 12.6. The van der Waals surface area contributed by atoms with E-state index in [1.807, 2.05) is 36.4 Å². The minimum atomic E-state index is -0.166. The summed E-state index contributed by atoms with van der Waals surface area (Å²) < 4.78 is 5.08. The first-order valence-electron chi connectivity index (χ1n) is 8.90. The third kappa shape index (κ3) is 4.81. The van der Waals surface area contributed by atoms with Crippen molar-refractivity contribution in [2.75, 3.05) is 26.7 Å². The van der Waals surface area contributed by atoms with Crippen LogP contribution in [0.3, 0.4) is 0 Å². The van der Waals surface area contributed by atoms with Gasteiger partial charge in [0.2, 0.25) is 0 Å². The number of hydrogen-bond acceptors (Lipinski definition) is 4. The van der Waals surface area contributed by atoms with Crippen LogP contribution in [0.25, 0.3) is 0 Å². The van der Waals surface area contributed by atoms with Crippen molar-refractivity contribution in [3.63, 3.8) is 0 Å². The molecule has 1 unspecified atom stereocenters. The fraction of sp³-hybridized carbons (Fsp3) is 0.400. The van der Waals surface area contributed by atoms with Gasteiger partial charge in [0.25, 0.3) is 5.91 Å². The molecule has 1 fully saturated rings. The average Bonchev–Trinajstić information content (AvgIpc) is 3.18. The summed E-state index contributed by atoms with van der Waals surface area (Å²) in [5, 5.41) is 3.76. The third-order valence-electron chi connectivity index (χ3n) is 4.62. The number of benzene rings is 1. The van der Waals surface area contributed by atoms with E-state index in [0.29, 0.717) is 18.8 Å². The quantitative estimate of drug-likeness (QED) is 0.807. The highest BCUT2D eigenvalue weighted by molar-refractivity contribution is 6.30. The predicted molar refractivity (Wildman–Crippen MR) is 102 cm³/mol. The van der Waals surface area contributed by atoms with Gasteiger partial charge >= 0.3 is 0 Å². The van der Waals surface area contributed by atoms with E-state index in [-0.39, 0.29) is 11.9 Å². The number of amides is 1. The van der Waals surface area contributed by atoms with Crippen LogP contribution in [0.1, 0.15) is 40.6 Å². The van der Waals surface area contributed by atoms with E-state index in [9.17, 15) is 4.79 Å². The Bertz CT molecular complexity index is 730. The molecular weight excluding hydrogens is 350 g/mol. The predicted octanol–water partition coefficient (Wildman–Crippen LogP) is 3.45. The molecule has 1 amide bonds. The molecule has 0 bridgehead atoms. The number of rotatable bonds is 7. The molecule has 0 spiro atoms. The molecular formula is C20H24ClN3O2. The largest absolute Gasteiger partial charge is 0.378 e. The van der Waals surface area contributed by atoms with Crippen LogP contribution in [0.5, 0.6) is 0 Å². The van der Waals surface area contributed by atoms with Gasteiger partial charge in [-0.3, -0.25) is 9.69 Å². The summed E-state index contributed by atoms with van der Waals surface area (Å²) in [6.07, 6.45) is 2.39. The molecule has 2 aromatic rings. The summed E-state index contributed by atoms with van der Waals surface area (Å²) in [6, 6.07) is 13.4. The van der Waals surface area contributed by atoms with E-state index in [0.717, 1.165) is 29.4 Å². The first-order valence-corrected chi connectivity index (χ1v) is 9.28. The summed E-state index contributed by atoms with van der Waals surface area (Å²) in [7, 11) is 1.61. The molecule has 3 rings (SSSR count). The summed E-state index contributed by atoms with van der Waals surface area (Å²) >= 11 is 6.02. The molecule has 2 heterocycles. The summed E-state index contributed by atoms with van der Waals surface area (Å²) in [4.78, 5) is 19.3. The number of ether oxygens (including phenoxy) is 1. The summed E-state index contributed by atoms with van der Waals surface area (Å²) in [5.41, 5.74) is 2.32. The molecule has 1 aliphatic rings. The van der Waals surface area contributed by atoms with Crippen LogP contribution in [-0.2, 0) is 11.3 Å². The maximum absolute atomic E-state index is 12.6. The van der Waals surface area contributed by atoms with Gasteiger partial charge in [0.1, 0.15) is 5.69 Å². The van der Waals surface area contributed by atoms with Crippen molar-refractivity contribution in [3.8, 4) is 0 Å². The lowest BCUT2D eigenvalue weighted by atomic mass is 10.1. The highest BCUT2D eigenvalue weighted by Gasteiger charge is 2.24.